The average Bonchev–Trinajstić information content (AvgIpc) is 1.98. The minimum Gasteiger partial charge on any atom is -0.279 e. The van der Waals surface area contributed by atoms with Gasteiger partial charge in [0, 0.05) is 0 Å². The van der Waals surface area contributed by atoms with Crippen molar-refractivity contribution in [3.63, 3.8) is 0 Å². The van der Waals surface area contributed by atoms with Crippen molar-refractivity contribution in [3.05, 3.63) is 0 Å². The van der Waals surface area contributed by atoms with E-state index in [0.717, 1.165) is 5.92 Å². The summed E-state index contributed by atoms with van der Waals surface area (Å²) in [5.41, 5.74) is -5.01. The normalized spacial score (nSPS) is 14.0. The van der Waals surface area contributed by atoms with Gasteiger partial charge in [-0.3, -0.25) is 4.52 Å². The fourth-order valence-electron chi connectivity index (χ4n) is 0.758. The van der Waals surface area contributed by atoms with Crippen molar-refractivity contribution in [3.8, 4) is 12.3 Å². The summed E-state index contributed by atoms with van der Waals surface area (Å²) in [5, 5.41) is 0. The number of hydrogen-bond donors (Lipinski definition) is 0. The average molecular weight is 274 g/mol. The van der Waals surface area contributed by atoms with Gasteiger partial charge in [-0.2, -0.15) is 34.7 Å². The molecule has 0 bridgehead atoms. The lowest BCUT2D eigenvalue weighted by molar-refractivity contribution is -0.356. The summed E-state index contributed by atoms with van der Waals surface area (Å²) in [5.74, 6) is 1.04. The largest absolute Gasteiger partial charge is 0.427 e. The molecular weight excluding hydrogens is 271 g/mol. The molecule has 0 fully saturated rings. The molecule has 0 aliphatic carbocycles. The van der Waals surface area contributed by atoms with E-state index < -0.39 is 33.1 Å². The van der Waals surface area contributed by atoms with Crippen LogP contribution in [0.4, 0.5) is 34.7 Å². The van der Waals surface area contributed by atoms with Crippen molar-refractivity contribution in [2.24, 2.45) is 0 Å². The highest BCUT2D eigenvalue weighted by Gasteiger charge is 2.73. The van der Waals surface area contributed by atoms with Gasteiger partial charge in [-0.05, 0) is 0 Å². The first-order chi connectivity index (χ1) is 6.98. The Bertz CT molecular complexity index is 260. The van der Waals surface area contributed by atoms with Crippen LogP contribution in [-0.4, -0.2) is 18.0 Å². The summed E-state index contributed by atoms with van der Waals surface area (Å²) in [4.78, 5) is 0. The van der Waals surface area contributed by atoms with Crippen LogP contribution in [0.15, 0.2) is 0 Å². The summed E-state index contributed by atoms with van der Waals surface area (Å²) in [6.07, 6.45) is -9.89. The van der Waals surface area contributed by atoms with Gasteiger partial charge in [0.1, 0.15) is 0 Å². The predicted octanol–water partition coefficient (Wildman–Crippen LogP) is 4.06. The smallest absolute Gasteiger partial charge is 0.279 e. The molecule has 10 heteroatoms. The Morgan fingerprint density at radius 1 is 1.00 bits per heavy atom. The van der Waals surface area contributed by atoms with Gasteiger partial charge in [0.25, 0.3) is 5.60 Å². The summed E-state index contributed by atoms with van der Waals surface area (Å²) in [6, 6.07) is 0. The van der Waals surface area contributed by atoms with E-state index in [1.54, 1.807) is 0 Å². The lowest BCUT2D eigenvalue weighted by Crippen LogP contribution is -2.57. The third kappa shape index (κ3) is 2.95. The van der Waals surface area contributed by atoms with Crippen LogP contribution in [0.5, 0.6) is 0 Å². The van der Waals surface area contributed by atoms with E-state index in [4.69, 9.17) is 0 Å². The van der Waals surface area contributed by atoms with Gasteiger partial charge < -0.3 is 0 Å². The van der Waals surface area contributed by atoms with Crippen molar-refractivity contribution < 1.29 is 39.3 Å². The Morgan fingerprint density at radius 3 is 1.56 bits per heavy atom. The maximum Gasteiger partial charge on any atom is 0.427 e. The number of halogens is 8. The summed E-state index contributed by atoms with van der Waals surface area (Å²) in [6.45, 7) is 0. The minimum absolute atomic E-state index is 1.04. The van der Waals surface area contributed by atoms with Gasteiger partial charge in [0.05, 0.1) is 6.42 Å². The Kier molecular flexibility index (Phi) is 4.54. The third-order valence-electron chi connectivity index (χ3n) is 1.49. The molecule has 0 rings (SSSR count). The fraction of sp³-hybridized carbons (Fsp3) is 0.667. The molecule has 0 heterocycles. The predicted molar refractivity (Wildman–Crippen MR) is 38.5 cm³/mol. The molecule has 16 heavy (non-hydrogen) atoms. The maximum absolute atomic E-state index is 12.2. The van der Waals surface area contributed by atoms with E-state index in [0.29, 0.717) is 0 Å². The molecule has 0 aromatic rings. The van der Waals surface area contributed by atoms with Crippen LogP contribution in [0.2, 0.25) is 0 Å². The van der Waals surface area contributed by atoms with Crippen LogP contribution < -0.4 is 0 Å². The Hall–Kier alpha value is -0.610. The second-order valence-corrected chi connectivity index (χ2v) is 3.08. The zero-order chi connectivity index (χ0) is 13.2. The lowest BCUT2D eigenvalue weighted by Gasteiger charge is -2.34. The highest BCUT2D eigenvalue weighted by molar-refractivity contribution is 7.40. The Labute approximate surface area is 85.8 Å². The van der Waals surface area contributed by atoms with Crippen molar-refractivity contribution in [1.82, 2.24) is 0 Å². The first-order valence-electron chi connectivity index (χ1n) is 3.35. The second kappa shape index (κ2) is 4.72. The summed E-state index contributed by atoms with van der Waals surface area (Å²) >= 11 is 0. The van der Waals surface area contributed by atoms with E-state index in [-0.39, 0.29) is 0 Å². The molecule has 0 amide bonds. The highest BCUT2D eigenvalue weighted by atomic mass is 31.2. The van der Waals surface area contributed by atoms with E-state index in [2.05, 4.69) is 10.9 Å². The van der Waals surface area contributed by atoms with Crippen LogP contribution in [-0.2, 0) is 4.52 Å². The van der Waals surface area contributed by atoms with E-state index in [9.17, 15) is 34.7 Å². The first kappa shape index (κ1) is 15.4. The van der Waals surface area contributed by atoms with E-state index >= 15 is 0 Å². The Balaban J connectivity index is 5.52. The van der Waals surface area contributed by atoms with Crippen molar-refractivity contribution in [2.45, 2.75) is 24.4 Å². The topological polar surface area (TPSA) is 9.23 Å². The zero-order valence-corrected chi connectivity index (χ0v) is 8.06. The highest BCUT2D eigenvalue weighted by Crippen LogP contribution is 2.56. The molecule has 0 unspecified atom stereocenters. The maximum atomic E-state index is 12.2. The van der Waals surface area contributed by atoms with Crippen LogP contribution in [0, 0.1) is 12.3 Å². The van der Waals surface area contributed by atoms with Crippen LogP contribution >= 0.6 is 8.77 Å². The van der Waals surface area contributed by atoms with E-state index in [1.165, 1.54) is 0 Å². The van der Waals surface area contributed by atoms with Crippen molar-refractivity contribution in [2.75, 3.05) is 0 Å². The minimum atomic E-state index is -6.07. The van der Waals surface area contributed by atoms with Gasteiger partial charge in [-0.15, -0.1) is 12.3 Å². The summed E-state index contributed by atoms with van der Waals surface area (Å²) in [7, 11) is -4.86. The number of hydrogen-bond acceptors (Lipinski definition) is 1. The molecule has 0 aromatic heterocycles. The number of terminal acetylenes is 1. The zero-order valence-electron chi connectivity index (χ0n) is 7.16. The quantitative estimate of drug-likeness (QED) is 0.428. The van der Waals surface area contributed by atoms with Gasteiger partial charge in [-0.25, -0.2) is 0 Å². The molecule has 1 nitrogen and oxygen atoms in total. The molecule has 0 saturated carbocycles. The molecule has 0 spiro atoms. The lowest BCUT2D eigenvalue weighted by atomic mass is 9.99. The van der Waals surface area contributed by atoms with Crippen molar-refractivity contribution in [1.29, 1.82) is 0 Å². The molecule has 0 radical (unpaired) electrons. The van der Waals surface area contributed by atoms with Gasteiger partial charge >= 0.3 is 21.1 Å². The molecule has 0 N–H and O–H groups in total. The SMILES string of the molecule is C#CCC(OP(F)F)(C(F)(F)F)C(F)(F)F. The van der Waals surface area contributed by atoms with Crippen LogP contribution in [0.1, 0.15) is 6.42 Å². The molecule has 0 aliphatic heterocycles. The second-order valence-electron chi connectivity index (χ2n) is 2.50. The van der Waals surface area contributed by atoms with E-state index in [1.807, 2.05) is 0 Å². The van der Waals surface area contributed by atoms with Gasteiger partial charge in [0.15, 0.2) is 0 Å². The fourth-order valence-corrected chi connectivity index (χ4v) is 1.27. The molecular formula is C6H3F8OP. The monoisotopic (exact) mass is 274 g/mol. The third-order valence-corrected chi connectivity index (χ3v) is 1.94. The summed E-state index contributed by atoms with van der Waals surface area (Å²) < 4.78 is 99.1. The molecule has 0 saturated heterocycles. The van der Waals surface area contributed by atoms with Crippen LogP contribution in [0.3, 0.4) is 0 Å². The first-order valence-corrected chi connectivity index (χ1v) is 4.40. The molecule has 94 valence electrons. The van der Waals surface area contributed by atoms with Gasteiger partial charge in [0.2, 0.25) is 0 Å². The molecule has 0 aromatic carbocycles. The Morgan fingerprint density at radius 2 is 1.38 bits per heavy atom. The molecule has 0 aliphatic rings. The standard InChI is InChI=1S/C6H3F8OP/c1-2-3-4(5(7,8)9,6(10,11)12)15-16(13)14/h1H,3H2. The number of alkyl halides is 6. The van der Waals surface area contributed by atoms with Crippen LogP contribution in [0.25, 0.3) is 0 Å². The molecule has 0 atom stereocenters. The van der Waals surface area contributed by atoms with Gasteiger partial charge in [-0.1, -0.05) is 0 Å². The van der Waals surface area contributed by atoms with Crippen molar-refractivity contribution >= 4 is 8.77 Å². The number of rotatable bonds is 3.